The molecule has 0 amide bonds. The fourth-order valence-electron chi connectivity index (χ4n) is 2.66. The Morgan fingerprint density at radius 1 is 1.33 bits per heavy atom. The van der Waals surface area contributed by atoms with E-state index in [0.717, 1.165) is 27.1 Å². The van der Waals surface area contributed by atoms with E-state index in [1.807, 2.05) is 36.4 Å². The molecule has 0 saturated carbocycles. The Kier molecular flexibility index (Phi) is 4.11. The second-order valence-electron chi connectivity index (χ2n) is 4.99. The van der Waals surface area contributed by atoms with Crippen molar-refractivity contribution in [3.8, 4) is 11.5 Å². The molecule has 2 atom stereocenters. The molecule has 21 heavy (non-hydrogen) atoms. The fourth-order valence-corrected chi connectivity index (χ4v) is 3.33. The minimum Gasteiger partial charge on any atom is -0.496 e. The van der Waals surface area contributed by atoms with Crippen molar-refractivity contribution in [2.75, 3.05) is 7.11 Å². The molecule has 0 saturated heterocycles. The first-order valence-electron chi connectivity index (χ1n) is 6.64. The van der Waals surface area contributed by atoms with Gasteiger partial charge in [0.25, 0.3) is 0 Å². The lowest BCUT2D eigenvalue weighted by molar-refractivity contribution is 0.158. The average molecular weight is 369 g/mol. The lowest BCUT2D eigenvalue weighted by atomic mass is 9.93. The number of halogens is 2. The van der Waals surface area contributed by atoms with Crippen molar-refractivity contribution in [1.29, 1.82) is 0 Å². The van der Waals surface area contributed by atoms with Gasteiger partial charge < -0.3 is 15.2 Å². The summed E-state index contributed by atoms with van der Waals surface area (Å²) in [5.74, 6) is 1.52. The van der Waals surface area contributed by atoms with Gasteiger partial charge in [0.2, 0.25) is 0 Å². The van der Waals surface area contributed by atoms with E-state index in [0.29, 0.717) is 11.4 Å². The summed E-state index contributed by atoms with van der Waals surface area (Å²) < 4.78 is 12.5. The molecule has 2 N–H and O–H groups in total. The zero-order valence-electron chi connectivity index (χ0n) is 11.5. The maximum Gasteiger partial charge on any atom is 0.131 e. The quantitative estimate of drug-likeness (QED) is 0.840. The SMILES string of the molecule is COc1cccc(Cl)c1C1CC(N)c2cc(Br)ccc2O1. The topological polar surface area (TPSA) is 44.5 Å². The van der Waals surface area contributed by atoms with E-state index in [9.17, 15) is 0 Å². The molecule has 0 fully saturated rings. The molecule has 1 aliphatic rings. The van der Waals surface area contributed by atoms with Gasteiger partial charge in [-0.1, -0.05) is 33.6 Å². The number of nitrogens with two attached hydrogens (primary N) is 1. The normalized spacial score (nSPS) is 20.6. The zero-order chi connectivity index (χ0) is 15.0. The van der Waals surface area contributed by atoms with Gasteiger partial charge in [-0.2, -0.15) is 0 Å². The molecular formula is C16H15BrClNO2. The summed E-state index contributed by atoms with van der Waals surface area (Å²) >= 11 is 9.79. The fraction of sp³-hybridized carbons (Fsp3) is 0.250. The van der Waals surface area contributed by atoms with Crippen molar-refractivity contribution in [1.82, 2.24) is 0 Å². The molecule has 1 aliphatic heterocycles. The van der Waals surface area contributed by atoms with Crippen molar-refractivity contribution in [3.05, 3.63) is 57.0 Å². The van der Waals surface area contributed by atoms with E-state index in [1.54, 1.807) is 7.11 Å². The highest BCUT2D eigenvalue weighted by Crippen LogP contribution is 2.44. The van der Waals surface area contributed by atoms with Crippen molar-refractivity contribution in [2.45, 2.75) is 18.6 Å². The van der Waals surface area contributed by atoms with E-state index in [-0.39, 0.29) is 12.1 Å². The van der Waals surface area contributed by atoms with Crippen LogP contribution in [0.3, 0.4) is 0 Å². The van der Waals surface area contributed by atoms with Crippen molar-refractivity contribution < 1.29 is 9.47 Å². The molecule has 0 aliphatic carbocycles. The number of fused-ring (bicyclic) bond motifs is 1. The number of rotatable bonds is 2. The van der Waals surface area contributed by atoms with Crippen LogP contribution in [0.1, 0.15) is 29.7 Å². The Morgan fingerprint density at radius 2 is 2.14 bits per heavy atom. The van der Waals surface area contributed by atoms with Gasteiger partial charge in [-0.3, -0.25) is 0 Å². The Bertz CT molecular complexity index is 677. The van der Waals surface area contributed by atoms with Gasteiger partial charge in [-0.05, 0) is 30.3 Å². The predicted molar refractivity (Wildman–Crippen MR) is 87.1 cm³/mol. The second-order valence-corrected chi connectivity index (χ2v) is 6.31. The highest BCUT2D eigenvalue weighted by Gasteiger charge is 2.30. The molecule has 0 aromatic heterocycles. The Balaban J connectivity index is 2.02. The number of ether oxygens (including phenoxy) is 2. The first-order chi connectivity index (χ1) is 10.1. The molecule has 0 radical (unpaired) electrons. The Hall–Kier alpha value is -1.23. The van der Waals surface area contributed by atoms with Crippen LogP contribution in [0.25, 0.3) is 0 Å². The molecule has 1 heterocycles. The van der Waals surface area contributed by atoms with Gasteiger partial charge in [0, 0.05) is 22.5 Å². The maximum absolute atomic E-state index is 6.33. The Morgan fingerprint density at radius 3 is 2.90 bits per heavy atom. The predicted octanol–water partition coefficient (Wildman–Crippen LogP) is 4.63. The van der Waals surface area contributed by atoms with Gasteiger partial charge in [0.15, 0.2) is 0 Å². The molecule has 3 nitrogen and oxygen atoms in total. The van der Waals surface area contributed by atoms with Gasteiger partial charge in [0.05, 0.1) is 17.7 Å². The molecule has 2 unspecified atom stereocenters. The van der Waals surface area contributed by atoms with E-state index in [2.05, 4.69) is 15.9 Å². The van der Waals surface area contributed by atoms with Crippen LogP contribution in [0.15, 0.2) is 40.9 Å². The number of methoxy groups -OCH3 is 1. The maximum atomic E-state index is 6.33. The van der Waals surface area contributed by atoms with Crippen molar-refractivity contribution >= 4 is 27.5 Å². The highest BCUT2D eigenvalue weighted by atomic mass is 79.9. The van der Waals surface area contributed by atoms with Gasteiger partial charge in [-0.25, -0.2) is 0 Å². The van der Waals surface area contributed by atoms with E-state index in [1.165, 1.54) is 0 Å². The standard InChI is InChI=1S/C16H15BrClNO2/c1-20-14-4-2-3-11(18)16(14)15-8-12(19)10-7-9(17)5-6-13(10)21-15/h2-7,12,15H,8,19H2,1H3. The third-order valence-corrected chi connectivity index (χ3v) is 4.49. The van der Waals surface area contributed by atoms with Crippen LogP contribution in [-0.4, -0.2) is 7.11 Å². The molecule has 5 heteroatoms. The first kappa shape index (κ1) is 14.7. The minimum absolute atomic E-state index is 0.0998. The summed E-state index contributed by atoms with van der Waals surface area (Å²) in [6, 6.07) is 11.3. The molecule has 0 spiro atoms. The number of hydrogen-bond donors (Lipinski definition) is 1. The van der Waals surface area contributed by atoms with Crippen LogP contribution in [0.4, 0.5) is 0 Å². The summed E-state index contributed by atoms with van der Waals surface area (Å²) in [6.07, 6.45) is 0.445. The minimum atomic E-state index is -0.211. The molecule has 0 bridgehead atoms. The largest absolute Gasteiger partial charge is 0.496 e. The average Bonchev–Trinajstić information content (AvgIpc) is 2.47. The summed E-state index contributed by atoms with van der Waals surface area (Å²) in [4.78, 5) is 0. The van der Waals surface area contributed by atoms with E-state index in [4.69, 9.17) is 26.8 Å². The Labute approximate surface area is 137 Å². The molecule has 110 valence electrons. The molecular weight excluding hydrogens is 354 g/mol. The molecule has 2 aromatic rings. The summed E-state index contributed by atoms with van der Waals surface area (Å²) in [7, 11) is 1.63. The number of benzene rings is 2. The lowest BCUT2D eigenvalue weighted by Gasteiger charge is -2.31. The van der Waals surface area contributed by atoms with Crippen LogP contribution in [0.2, 0.25) is 5.02 Å². The molecule has 2 aromatic carbocycles. The van der Waals surface area contributed by atoms with Crippen LogP contribution in [0, 0.1) is 0 Å². The summed E-state index contributed by atoms with van der Waals surface area (Å²) in [5.41, 5.74) is 8.16. The lowest BCUT2D eigenvalue weighted by Crippen LogP contribution is -2.24. The second kappa shape index (κ2) is 5.87. The van der Waals surface area contributed by atoms with Gasteiger partial charge in [-0.15, -0.1) is 0 Å². The van der Waals surface area contributed by atoms with Gasteiger partial charge >= 0.3 is 0 Å². The van der Waals surface area contributed by atoms with Crippen LogP contribution in [-0.2, 0) is 0 Å². The van der Waals surface area contributed by atoms with Gasteiger partial charge in [0.1, 0.15) is 17.6 Å². The zero-order valence-corrected chi connectivity index (χ0v) is 13.8. The smallest absolute Gasteiger partial charge is 0.131 e. The van der Waals surface area contributed by atoms with Crippen molar-refractivity contribution in [2.24, 2.45) is 5.73 Å². The van der Waals surface area contributed by atoms with Crippen LogP contribution >= 0.6 is 27.5 Å². The summed E-state index contributed by atoms with van der Waals surface area (Å²) in [5, 5.41) is 0.632. The van der Waals surface area contributed by atoms with Crippen LogP contribution < -0.4 is 15.2 Å². The summed E-state index contributed by atoms with van der Waals surface area (Å²) in [6.45, 7) is 0. The third-order valence-electron chi connectivity index (χ3n) is 3.66. The van der Waals surface area contributed by atoms with Crippen molar-refractivity contribution in [3.63, 3.8) is 0 Å². The van der Waals surface area contributed by atoms with E-state index < -0.39 is 0 Å². The van der Waals surface area contributed by atoms with E-state index >= 15 is 0 Å². The number of hydrogen-bond acceptors (Lipinski definition) is 3. The third kappa shape index (κ3) is 2.76. The van der Waals surface area contributed by atoms with Crippen LogP contribution in [0.5, 0.6) is 11.5 Å². The highest BCUT2D eigenvalue weighted by molar-refractivity contribution is 9.10. The monoisotopic (exact) mass is 367 g/mol. The molecule has 3 rings (SSSR count). The first-order valence-corrected chi connectivity index (χ1v) is 7.81.